The molecule has 1 aromatic rings. The normalized spacial score (nSPS) is 15.1. The number of ether oxygens (including phenoxy) is 1. The van der Waals surface area contributed by atoms with E-state index in [0.717, 1.165) is 19.3 Å². The molecular formula is C12H15NO4. The third kappa shape index (κ3) is 2.67. The molecule has 0 spiro atoms. The molecule has 92 valence electrons. The number of hydrogen-bond donors (Lipinski definition) is 1. The number of methoxy groups -OCH3 is 1. The fraction of sp³-hybridized carbons (Fsp3) is 0.500. The van der Waals surface area contributed by atoms with Crippen LogP contribution in [0.5, 0.6) is 0 Å². The van der Waals surface area contributed by atoms with Crippen molar-refractivity contribution in [1.82, 2.24) is 5.32 Å². The van der Waals surface area contributed by atoms with Crippen molar-refractivity contribution < 1.29 is 18.7 Å². The molecule has 1 aliphatic carbocycles. The zero-order valence-electron chi connectivity index (χ0n) is 9.69. The summed E-state index contributed by atoms with van der Waals surface area (Å²) in [7, 11) is 1.29. The Hall–Kier alpha value is -1.78. The minimum absolute atomic E-state index is 0.0623. The molecule has 1 aromatic heterocycles. The Morgan fingerprint density at radius 3 is 2.82 bits per heavy atom. The van der Waals surface area contributed by atoms with Gasteiger partial charge in [-0.1, -0.05) is 6.42 Å². The van der Waals surface area contributed by atoms with Crippen molar-refractivity contribution in [1.29, 1.82) is 0 Å². The lowest BCUT2D eigenvalue weighted by Gasteiger charge is -2.23. The van der Waals surface area contributed by atoms with Crippen LogP contribution in [0, 0.1) is 5.92 Å². The second kappa shape index (κ2) is 5.03. The van der Waals surface area contributed by atoms with Gasteiger partial charge in [0.05, 0.1) is 13.7 Å². The van der Waals surface area contributed by atoms with Crippen LogP contribution in [-0.4, -0.2) is 19.0 Å². The van der Waals surface area contributed by atoms with Crippen LogP contribution in [-0.2, 0) is 16.1 Å². The molecule has 0 radical (unpaired) electrons. The third-order valence-corrected chi connectivity index (χ3v) is 2.96. The second-order valence-electron chi connectivity index (χ2n) is 4.10. The van der Waals surface area contributed by atoms with Crippen molar-refractivity contribution in [2.75, 3.05) is 7.11 Å². The van der Waals surface area contributed by atoms with Gasteiger partial charge in [0, 0.05) is 5.92 Å². The van der Waals surface area contributed by atoms with Crippen LogP contribution in [0.1, 0.15) is 35.6 Å². The summed E-state index contributed by atoms with van der Waals surface area (Å²) in [5.74, 6) is 0.414. The van der Waals surface area contributed by atoms with Crippen LogP contribution in [0.2, 0.25) is 0 Å². The van der Waals surface area contributed by atoms with E-state index in [4.69, 9.17) is 4.42 Å². The summed E-state index contributed by atoms with van der Waals surface area (Å²) < 4.78 is 9.75. The monoisotopic (exact) mass is 237 g/mol. The molecule has 1 saturated carbocycles. The summed E-state index contributed by atoms with van der Waals surface area (Å²) in [6, 6.07) is 3.20. The molecule has 1 amide bonds. The van der Waals surface area contributed by atoms with Gasteiger partial charge in [-0.15, -0.1) is 0 Å². The van der Waals surface area contributed by atoms with Crippen molar-refractivity contribution in [2.45, 2.75) is 25.8 Å². The average molecular weight is 237 g/mol. The Bertz CT molecular complexity index is 420. The van der Waals surface area contributed by atoms with Gasteiger partial charge in [-0.25, -0.2) is 4.79 Å². The number of rotatable bonds is 4. The maximum absolute atomic E-state index is 11.6. The lowest BCUT2D eigenvalue weighted by atomic mass is 9.85. The predicted octanol–water partition coefficient (Wildman–Crippen LogP) is 1.48. The zero-order valence-corrected chi connectivity index (χ0v) is 9.69. The topological polar surface area (TPSA) is 68.5 Å². The zero-order chi connectivity index (χ0) is 12.3. The van der Waals surface area contributed by atoms with E-state index in [1.54, 1.807) is 6.07 Å². The quantitative estimate of drug-likeness (QED) is 0.805. The number of furan rings is 1. The highest BCUT2D eigenvalue weighted by Crippen LogP contribution is 2.26. The largest absolute Gasteiger partial charge is 0.463 e. The first kappa shape index (κ1) is 11.7. The molecule has 1 fully saturated rings. The van der Waals surface area contributed by atoms with E-state index in [0.29, 0.717) is 12.3 Å². The van der Waals surface area contributed by atoms with E-state index < -0.39 is 5.97 Å². The van der Waals surface area contributed by atoms with Gasteiger partial charge in [0.1, 0.15) is 5.76 Å². The summed E-state index contributed by atoms with van der Waals surface area (Å²) in [6.45, 7) is 0.312. The average Bonchev–Trinajstić information content (AvgIpc) is 2.71. The van der Waals surface area contributed by atoms with Gasteiger partial charge >= 0.3 is 5.97 Å². The Balaban J connectivity index is 1.84. The number of esters is 1. The molecule has 0 unspecified atom stereocenters. The summed E-state index contributed by atoms with van der Waals surface area (Å²) in [5, 5.41) is 2.79. The molecule has 5 heteroatoms. The van der Waals surface area contributed by atoms with Gasteiger partial charge in [-0.2, -0.15) is 0 Å². The first-order valence-electron chi connectivity index (χ1n) is 5.65. The number of carbonyl (C=O) groups is 2. The lowest BCUT2D eigenvalue weighted by Crippen LogP contribution is -2.33. The minimum Gasteiger partial charge on any atom is -0.463 e. The van der Waals surface area contributed by atoms with Crippen molar-refractivity contribution in [2.24, 2.45) is 5.92 Å². The fourth-order valence-electron chi connectivity index (χ4n) is 1.67. The third-order valence-electron chi connectivity index (χ3n) is 2.96. The summed E-state index contributed by atoms with van der Waals surface area (Å²) in [5.41, 5.74) is 0. The molecular weight excluding hydrogens is 222 g/mol. The second-order valence-corrected chi connectivity index (χ2v) is 4.10. The van der Waals surface area contributed by atoms with Crippen molar-refractivity contribution >= 4 is 11.9 Å². The van der Waals surface area contributed by atoms with Gasteiger partial charge in [0.2, 0.25) is 11.7 Å². The SMILES string of the molecule is COC(=O)c1ccc(CNC(=O)C2CCC2)o1. The smallest absolute Gasteiger partial charge is 0.373 e. The Morgan fingerprint density at radius 1 is 1.47 bits per heavy atom. The molecule has 17 heavy (non-hydrogen) atoms. The molecule has 2 rings (SSSR count). The molecule has 1 N–H and O–H groups in total. The standard InChI is InChI=1S/C12H15NO4/c1-16-12(15)10-6-5-9(17-10)7-13-11(14)8-3-2-4-8/h5-6,8H,2-4,7H2,1H3,(H,13,14). The van der Waals surface area contributed by atoms with E-state index in [1.165, 1.54) is 13.2 Å². The number of hydrogen-bond acceptors (Lipinski definition) is 4. The maximum Gasteiger partial charge on any atom is 0.373 e. The van der Waals surface area contributed by atoms with Gasteiger partial charge in [-0.05, 0) is 25.0 Å². The van der Waals surface area contributed by atoms with Crippen LogP contribution in [0.4, 0.5) is 0 Å². The van der Waals surface area contributed by atoms with Gasteiger partial charge < -0.3 is 14.5 Å². The molecule has 0 atom stereocenters. The number of amides is 1. The van der Waals surface area contributed by atoms with Crippen LogP contribution < -0.4 is 5.32 Å². The highest BCUT2D eigenvalue weighted by atomic mass is 16.5. The van der Waals surface area contributed by atoms with Crippen molar-refractivity contribution in [3.05, 3.63) is 23.7 Å². The van der Waals surface area contributed by atoms with Gasteiger partial charge in [0.15, 0.2) is 0 Å². The maximum atomic E-state index is 11.6. The molecule has 0 aromatic carbocycles. The van der Waals surface area contributed by atoms with E-state index in [2.05, 4.69) is 10.1 Å². The molecule has 0 aliphatic heterocycles. The van der Waals surface area contributed by atoms with Crippen molar-refractivity contribution in [3.8, 4) is 0 Å². The molecule has 0 bridgehead atoms. The summed E-state index contributed by atoms with van der Waals surface area (Å²) >= 11 is 0. The van der Waals surface area contributed by atoms with Crippen LogP contribution in [0.3, 0.4) is 0 Å². The van der Waals surface area contributed by atoms with Crippen LogP contribution in [0.25, 0.3) is 0 Å². The predicted molar refractivity (Wildman–Crippen MR) is 59.2 cm³/mol. The Kier molecular flexibility index (Phi) is 3.46. The van der Waals surface area contributed by atoms with Gasteiger partial charge in [-0.3, -0.25) is 4.79 Å². The van der Waals surface area contributed by atoms with Gasteiger partial charge in [0.25, 0.3) is 0 Å². The number of nitrogens with one attached hydrogen (secondary N) is 1. The molecule has 5 nitrogen and oxygen atoms in total. The highest BCUT2D eigenvalue weighted by molar-refractivity contribution is 5.86. The Morgan fingerprint density at radius 2 is 2.24 bits per heavy atom. The highest BCUT2D eigenvalue weighted by Gasteiger charge is 2.25. The molecule has 0 saturated heterocycles. The fourth-order valence-corrected chi connectivity index (χ4v) is 1.67. The Labute approximate surface area is 99.1 Å². The van der Waals surface area contributed by atoms with E-state index in [1.807, 2.05) is 0 Å². The summed E-state index contributed by atoms with van der Waals surface area (Å²) in [4.78, 5) is 22.7. The number of carbonyl (C=O) groups excluding carboxylic acids is 2. The van der Waals surface area contributed by atoms with E-state index >= 15 is 0 Å². The lowest BCUT2D eigenvalue weighted by molar-refractivity contribution is -0.127. The van der Waals surface area contributed by atoms with E-state index in [9.17, 15) is 9.59 Å². The van der Waals surface area contributed by atoms with Crippen LogP contribution >= 0.6 is 0 Å². The van der Waals surface area contributed by atoms with Crippen molar-refractivity contribution in [3.63, 3.8) is 0 Å². The van der Waals surface area contributed by atoms with Crippen LogP contribution in [0.15, 0.2) is 16.5 Å². The summed E-state index contributed by atoms with van der Waals surface area (Å²) in [6.07, 6.45) is 3.07. The minimum atomic E-state index is -0.512. The first-order chi connectivity index (χ1) is 8.20. The first-order valence-corrected chi connectivity index (χ1v) is 5.65. The molecule has 1 heterocycles. The van der Waals surface area contributed by atoms with E-state index in [-0.39, 0.29) is 17.6 Å². The molecule has 1 aliphatic rings.